The molecule has 0 unspecified atom stereocenters. The molecule has 2 aliphatic heterocycles. The number of aromatic amines is 2. The summed E-state index contributed by atoms with van der Waals surface area (Å²) in [5.41, 5.74) is 5.95. The Kier molecular flexibility index (Phi) is 6.78. The zero-order valence-electron chi connectivity index (χ0n) is 24.4. The number of hydrogen-bond acceptors (Lipinski definition) is 8. The van der Waals surface area contributed by atoms with Gasteiger partial charge in [0.2, 0.25) is 0 Å². The lowest BCUT2D eigenvalue weighted by atomic mass is 9.79. The predicted molar refractivity (Wildman–Crippen MR) is 164 cm³/mol. The molecule has 4 aromatic heterocycles. The average molecular weight is 565 g/mol. The van der Waals surface area contributed by atoms with Crippen LogP contribution < -0.4 is 14.5 Å². The van der Waals surface area contributed by atoms with Gasteiger partial charge in [0.15, 0.2) is 0 Å². The molecule has 0 atom stereocenters. The first kappa shape index (κ1) is 26.5. The summed E-state index contributed by atoms with van der Waals surface area (Å²) in [5.74, 6) is 3.84. The van der Waals surface area contributed by atoms with Crippen LogP contribution in [0, 0.1) is 6.92 Å². The molecule has 42 heavy (non-hydrogen) atoms. The molecule has 0 radical (unpaired) electrons. The van der Waals surface area contributed by atoms with Crippen molar-refractivity contribution in [1.82, 2.24) is 29.9 Å². The zero-order chi connectivity index (χ0) is 28.7. The van der Waals surface area contributed by atoms with Crippen LogP contribution in [0.2, 0.25) is 0 Å². The summed E-state index contributed by atoms with van der Waals surface area (Å²) >= 11 is 0. The predicted octanol–water partition coefficient (Wildman–Crippen LogP) is 5.12. The van der Waals surface area contributed by atoms with Crippen molar-refractivity contribution in [2.75, 3.05) is 56.3 Å². The second-order valence-corrected chi connectivity index (χ2v) is 11.5. The third-order valence-electron chi connectivity index (χ3n) is 8.78. The number of nitrogens with zero attached hydrogens (tertiary/aromatic N) is 6. The van der Waals surface area contributed by atoms with Crippen LogP contribution in [-0.4, -0.2) is 76.4 Å². The van der Waals surface area contributed by atoms with E-state index in [1.807, 2.05) is 18.3 Å². The van der Waals surface area contributed by atoms with Gasteiger partial charge in [-0.3, -0.25) is 0 Å². The second-order valence-electron chi connectivity index (χ2n) is 11.5. The van der Waals surface area contributed by atoms with Crippen LogP contribution in [0.5, 0.6) is 5.75 Å². The number of hydrogen-bond donors (Lipinski definition) is 2. The van der Waals surface area contributed by atoms with Crippen LogP contribution in [-0.2, 0) is 10.2 Å². The van der Waals surface area contributed by atoms with E-state index in [4.69, 9.17) is 24.4 Å². The Morgan fingerprint density at radius 2 is 1.74 bits per heavy atom. The van der Waals surface area contributed by atoms with E-state index in [-0.39, 0.29) is 5.41 Å². The Balaban J connectivity index is 1.09. The third kappa shape index (κ3) is 4.85. The van der Waals surface area contributed by atoms with Crippen LogP contribution in [0.4, 0.5) is 11.6 Å². The molecular weight excluding hydrogens is 528 g/mol. The van der Waals surface area contributed by atoms with Crippen LogP contribution in [0.3, 0.4) is 0 Å². The number of H-pyrrole nitrogens is 2. The summed E-state index contributed by atoms with van der Waals surface area (Å²) in [7, 11) is 1.69. The maximum Gasteiger partial charge on any atom is 0.143 e. The molecule has 0 aliphatic carbocycles. The van der Waals surface area contributed by atoms with Crippen molar-refractivity contribution >= 4 is 22.7 Å². The van der Waals surface area contributed by atoms with Crippen molar-refractivity contribution in [2.45, 2.75) is 32.1 Å². The Morgan fingerprint density at radius 3 is 2.50 bits per heavy atom. The number of morpholine rings is 1. The van der Waals surface area contributed by atoms with E-state index in [1.54, 1.807) is 13.4 Å². The van der Waals surface area contributed by atoms with Crippen molar-refractivity contribution in [2.24, 2.45) is 0 Å². The van der Waals surface area contributed by atoms with E-state index >= 15 is 0 Å². The highest BCUT2D eigenvalue weighted by Gasteiger charge is 2.36. The molecule has 7 rings (SSSR count). The van der Waals surface area contributed by atoms with Crippen molar-refractivity contribution in [3.05, 3.63) is 66.5 Å². The van der Waals surface area contributed by atoms with Gasteiger partial charge in [0.25, 0.3) is 0 Å². The fraction of sp³-hybridized carbons (Fsp3) is 0.375. The number of piperidine rings is 1. The smallest absolute Gasteiger partial charge is 0.143 e. The summed E-state index contributed by atoms with van der Waals surface area (Å²) in [6.07, 6.45) is 5.52. The molecule has 216 valence electrons. The average Bonchev–Trinajstić information content (AvgIpc) is 3.66. The molecule has 1 aromatic carbocycles. The molecule has 5 aromatic rings. The first-order valence-electron chi connectivity index (χ1n) is 14.6. The summed E-state index contributed by atoms with van der Waals surface area (Å²) in [6, 6.07) is 14.5. The molecule has 6 heterocycles. The number of fused-ring (bicyclic) bond motifs is 1. The van der Waals surface area contributed by atoms with Gasteiger partial charge in [-0.1, -0.05) is 19.1 Å². The highest BCUT2D eigenvalue weighted by Crippen LogP contribution is 2.38. The maximum absolute atomic E-state index is 5.47. The lowest BCUT2D eigenvalue weighted by molar-refractivity contribution is 0.122. The molecule has 0 spiro atoms. The summed E-state index contributed by atoms with van der Waals surface area (Å²) in [5, 5.41) is 1.03. The van der Waals surface area contributed by atoms with Crippen LogP contribution in [0.1, 0.15) is 31.3 Å². The van der Waals surface area contributed by atoms with Gasteiger partial charge in [-0.05, 0) is 50.1 Å². The first-order valence-corrected chi connectivity index (χ1v) is 14.6. The van der Waals surface area contributed by atoms with Crippen LogP contribution >= 0.6 is 0 Å². The normalized spacial score (nSPS) is 17.1. The largest absolute Gasteiger partial charge is 0.497 e. The fourth-order valence-corrected chi connectivity index (χ4v) is 6.11. The molecule has 0 saturated carbocycles. The number of aryl methyl sites for hydroxylation is 1. The van der Waals surface area contributed by atoms with Crippen molar-refractivity contribution < 1.29 is 9.47 Å². The number of anilines is 2. The van der Waals surface area contributed by atoms with Crippen molar-refractivity contribution in [1.29, 1.82) is 0 Å². The van der Waals surface area contributed by atoms with E-state index in [9.17, 15) is 0 Å². The molecule has 2 saturated heterocycles. The molecule has 2 fully saturated rings. The number of pyridine rings is 1. The van der Waals surface area contributed by atoms with E-state index in [1.165, 1.54) is 0 Å². The number of aromatic nitrogens is 6. The van der Waals surface area contributed by atoms with Gasteiger partial charge in [-0.25, -0.2) is 19.9 Å². The number of methoxy groups -OCH3 is 1. The maximum atomic E-state index is 5.47. The molecule has 0 bridgehead atoms. The Morgan fingerprint density at radius 1 is 0.905 bits per heavy atom. The molecule has 2 aliphatic rings. The molecule has 0 amide bonds. The van der Waals surface area contributed by atoms with Crippen molar-refractivity contribution in [3.63, 3.8) is 0 Å². The Labute approximate surface area is 245 Å². The number of nitrogens with one attached hydrogen (secondary N) is 2. The number of rotatable bonds is 6. The van der Waals surface area contributed by atoms with Crippen molar-refractivity contribution in [3.8, 4) is 28.3 Å². The monoisotopic (exact) mass is 564 g/mol. The zero-order valence-corrected chi connectivity index (χ0v) is 24.4. The van der Waals surface area contributed by atoms with E-state index in [0.29, 0.717) is 0 Å². The SMILES string of the molecule is COc1cccc(-c2[nH]c(C3(C)CCN(c4ncnc5[nH]c(-c6ccc(N7CCOCC7)nc6)cc45)CC3)nc2C)c1. The first-order chi connectivity index (χ1) is 20.5. The summed E-state index contributed by atoms with van der Waals surface area (Å²) in [6.45, 7) is 9.38. The number of imidazole rings is 1. The standard InChI is InChI=1S/C32H36N8O2/c1-21-28(22-5-4-6-24(17-22)41-3)38-31(36-21)32(2)9-11-40(12-10-32)30-25-18-26(37-29(25)34-20-35-30)23-7-8-27(33-19-23)39-13-15-42-16-14-39/h4-8,17-20H,9-16H2,1-3H3,(H,36,38)(H,34,35,37). The fourth-order valence-electron chi connectivity index (χ4n) is 6.11. The van der Waals surface area contributed by atoms with Crippen LogP contribution in [0.25, 0.3) is 33.5 Å². The topological polar surface area (TPSA) is 108 Å². The van der Waals surface area contributed by atoms with Gasteiger partial charge >= 0.3 is 0 Å². The quantitative estimate of drug-likeness (QED) is 0.293. The lowest BCUT2D eigenvalue weighted by Gasteiger charge is -2.38. The summed E-state index contributed by atoms with van der Waals surface area (Å²) < 4.78 is 10.9. The van der Waals surface area contributed by atoms with Gasteiger partial charge in [-0.15, -0.1) is 0 Å². The lowest BCUT2D eigenvalue weighted by Crippen LogP contribution is -2.42. The third-order valence-corrected chi connectivity index (χ3v) is 8.78. The highest BCUT2D eigenvalue weighted by atomic mass is 16.5. The van der Waals surface area contributed by atoms with E-state index in [2.05, 4.69) is 68.9 Å². The minimum atomic E-state index is -0.0538. The number of benzene rings is 1. The molecule has 10 nitrogen and oxygen atoms in total. The van der Waals surface area contributed by atoms with Gasteiger partial charge in [0.1, 0.15) is 35.2 Å². The van der Waals surface area contributed by atoms with E-state index in [0.717, 1.165) is 115 Å². The van der Waals surface area contributed by atoms with Gasteiger partial charge in [0.05, 0.1) is 37.1 Å². The molecule has 2 N–H and O–H groups in total. The molecule has 10 heteroatoms. The van der Waals surface area contributed by atoms with Gasteiger partial charge in [-0.2, -0.15) is 0 Å². The van der Waals surface area contributed by atoms with Crippen LogP contribution in [0.15, 0.2) is 55.0 Å². The van der Waals surface area contributed by atoms with E-state index < -0.39 is 0 Å². The number of ether oxygens (including phenoxy) is 2. The highest BCUT2D eigenvalue weighted by molar-refractivity contribution is 5.92. The second kappa shape index (κ2) is 10.8. The Bertz CT molecular complexity index is 1700. The minimum Gasteiger partial charge on any atom is -0.497 e. The van der Waals surface area contributed by atoms with Gasteiger partial charge in [0, 0.05) is 54.6 Å². The van der Waals surface area contributed by atoms with Gasteiger partial charge < -0.3 is 29.2 Å². The minimum absolute atomic E-state index is 0.0538. The summed E-state index contributed by atoms with van der Waals surface area (Å²) in [4.78, 5) is 30.8. The molecular formula is C32H36N8O2. The Hall–Kier alpha value is -4.44.